The van der Waals surface area contributed by atoms with Crippen LogP contribution in [0.2, 0.25) is 0 Å². The van der Waals surface area contributed by atoms with E-state index in [2.05, 4.69) is 26.1 Å². The maximum absolute atomic E-state index is 14.0. The van der Waals surface area contributed by atoms with Crippen molar-refractivity contribution in [2.75, 3.05) is 13.6 Å². The summed E-state index contributed by atoms with van der Waals surface area (Å²) >= 11 is 0. The Hall–Kier alpha value is -3.04. The number of ketones is 1. The lowest BCUT2D eigenvalue weighted by Gasteiger charge is -2.43. The number of nitrogens with one attached hydrogen (secondary N) is 4. The number of nitrogens with zero attached hydrogens (tertiary/aromatic N) is 1. The molecule has 35 heavy (non-hydrogen) atoms. The van der Waals surface area contributed by atoms with Gasteiger partial charge >= 0.3 is 5.97 Å². The van der Waals surface area contributed by atoms with Gasteiger partial charge in [0.2, 0.25) is 5.91 Å². The summed E-state index contributed by atoms with van der Waals surface area (Å²) in [5, 5.41) is 12.7. The van der Waals surface area contributed by atoms with E-state index >= 15 is 0 Å². The quantitative estimate of drug-likeness (QED) is 0.293. The molecule has 9 nitrogen and oxygen atoms in total. The monoisotopic (exact) mass is 483 g/mol. The minimum absolute atomic E-state index is 0.0208. The van der Waals surface area contributed by atoms with Crippen LogP contribution in [0.5, 0.6) is 0 Å². The minimum Gasteiger partial charge on any atom is -0.481 e. The van der Waals surface area contributed by atoms with E-state index < -0.39 is 28.7 Å². The van der Waals surface area contributed by atoms with Crippen molar-refractivity contribution in [3.63, 3.8) is 0 Å². The van der Waals surface area contributed by atoms with Gasteiger partial charge in [-0.15, -0.1) is 0 Å². The summed E-state index contributed by atoms with van der Waals surface area (Å²) in [6.45, 7) is 4.44. The Morgan fingerprint density at radius 2 is 2.00 bits per heavy atom. The highest BCUT2D eigenvalue weighted by Gasteiger charge is 2.54. The summed E-state index contributed by atoms with van der Waals surface area (Å²) in [5.74, 6) is -2.12. The number of rotatable bonds is 12. The van der Waals surface area contributed by atoms with E-state index in [1.807, 2.05) is 38.1 Å². The summed E-state index contributed by atoms with van der Waals surface area (Å²) in [7, 11) is 1.51. The van der Waals surface area contributed by atoms with Crippen LogP contribution in [0.15, 0.2) is 36.8 Å². The Morgan fingerprint density at radius 3 is 2.63 bits per heavy atom. The van der Waals surface area contributed by atoms with Gasteiger partial charge < -0.3 is 15.4 Å². The predicted octanol–water partition coefficient (Wildman–Crippen LogP) is 3.16. The molecule has 190 valence electrons. The summed E-state index contributed by atoms with van der Waals surface area (Å²) in [6, 6.07) is 7.66. The number of hydrazine groups is 1. The standard InChI is InChI=1S/C26H37N5O4/c1-4-6-13-25(5-2,24(34)35)14-11-22(32)26(23(33)27-3)20(12-15-30-31-26)18-9-7-8-10-19(18)21-16-28-17-29-21/h7-10,16-17,20,30-31H,4-6,11-15H2,1-3H3,(H,27,33)(H,28,29)(H,34,35)/t20-,25?,26-/m0/s1. The molecular formula is C26H37N5O4. The number of amides is 1. The Morgan fingerprint density at radius 1 is 1.23 bits per heavy atom. The van der Waals surface area contributed by atoms with Crippen LogP contribution in [-0.4, -0.2) is 51.9 Å². The number of hydrogen-bond donors (Lipinski definition) is 5. The first kappa shape index (κ1) is 26.6. The second-order valence-corrected chi connectivity index (χ2v) is 9.29. The van der Waals surface area contributed by atoms with Crippen LogP contribution in [0.25, 0.3) is 11.3 Å². The van der Waals surface area contributed by atoms with E-state index in [0.29, 0.717) is 25.8 Å². The number of carboxylic acids is 1. The second-order valence-electron chi connectivity index (χ2n) is 9.29. The molecule has 1 fully saturated rings. The van der Waals surface area contributed by atoms with Crippen molar-refractivity contribution in [3.8, 4) is 11.3 Å². The molecule has 1 amide bonds. The topological polar surface area (TPSA) is 136 Å². The van der Waals surface area contributed by atoms with Gasteiger partial charge in [-0.25, -0.2) is 10.4 Å². The minimum atomic E-state index is -1.58. The van der Waals surface area contributed by atoms with Gasteiger partial charge in [0.25, 0.3) is 0 Å². The largest absolute Gasteiger partial charge is 0.481 e. The SMILES string of the molecule is CCCCC(CC)(CCC(=O)[C@@]1(C(=O)NC)NNCC[C@H]1c1ccccc1-c1c[nH]cn1)C(=O)O. The summed E-state index contributed by atoms with van der Waals surface area (Å²) in [5.41, 5.74) is 5.92. The number of aromatic amines is 1. The zero-order valence-corrected chi connectivity index (χ0v) is 20.8. The number of Topliss-reactive ketones (excluding diaryl/α,β-unsaturated/α-hetero) is 1. The van der Waals surface area contributed by atoms with Crippen molar-refractivity contribution >= 4 is 17.7 Å². The third-order valence-electron chi connectivity index (χ3n) is 7.47. The molecule has 9 heteroatoms. The Bertz CT molecular complexity index is 1020. The van der Waals surface area contributed by atoms with Crippen molar-refractivity contribution in [3.05, 3.63) is 42.4 Å². The van der Waals surface area contributed by atoms with Crippen molar-refractivity contribution < 1.29 is 19.5 Å². The van der Waals surface area contributed by atoms with E-state index in [1.165, 1.54) is 7.05 Å². The van der Waals surface area contributed by atoms with Crippen LogP contribution in [0.3, 0.4) is 0 Å². The van der Waals surface area contributed by atoms with Crippen molar-refractivity contribution in [2.45, 2.75) is 70.3 Å². The van der Waals surface area contributed by atoms with E-state index in [1.54, 1.807) is 12.5 Å². The highest BCUT2D eigenvalue weighted by Crippen LogP contribution is 2.41. The fourth-order valence-electron chi connectivity index (χ4n) is 5.26. The van der Waals surface area contributed by atoms with E-state index in [4.69, 9.17) is 0 Å². The van der Waals surface area contributed by atoms with Crippen molar-refractivity contribution in [2.24, 2.45) is 5.41 Å². The number of imidazole rings is 1. The number of unbranched alkanes of at least 4 members (excludes halogenated alkanes) is 1. The average molecular weight is 484 g/mol. The van der Waals surface area contributed by atoms with Gasteiger partial charge in [0, 0.05) is 37.7 Å². The fourth-order valence-corrected chi connectivity index (χ4v) is 5.26. The van der Waals surface area contributed by atoms with Crippen molar-refractivity contribution in [1.29, 1.82) is 0 Å². The lowest BCUT2D eigenvalue weighted by Crippen LogP contribution is -2.71. The second kappa shape index (κ2) is 11.6. The number of benzene rings is 1. The van der Waals surface area contributed by atoms with Gasteiger partial charge in [-0.3, -0.25) is 19.8 Å². The Balaban J connectivity index is 2.02. The van der Waals surface area contributed by atoms with Crippen molar-refractivity contribution in [1.82, 2.24) is 26.1 Å². The van der Waals surface area contributed by atoms with Crippen LogP contribution >= 0.6 is 0 Å². The number of carbonyl (C=O) groups is 3. The Kier molecular flexibility index (Phi) is 8.80. The van der Waals surface area contributed by atoms with E-state index in [9.17, 15) is 19.5 Å². The van der Waals surface area contributed by atoms with Crippen LogP contribution < -0.4 is 16.2 Å². The fraction of sp³-hybridized carbons (Fsp3) is 0.538. The van der Waals surface area contributed by atoms with E-state index in [-0.39, 0.29) is 18.6 Å². The maximum Gasteiger partial charge on any atom is 0.309 e. The molecule has 1 aromatic heterocycles. The molecule has 1 aliphatic heterocycles. The molecule has 1 unspecified atom stereocenters. The molecule has 0 bridgehead atoms. The number of aromatic nitrogens is 2. The first-order chi connectivity index (χ1) is 16.9. The number of aliphatic carboxylic acids is 1. The lowest BCUT2D eigenvalue weighted by molar-refractivity contribution is -0.150. The molecule has 2 heterocycles. The first-order valence-electron chi connectivity index (χ1n) is 12.4. The average Bonchev–Trinajstić information content (AvgIpc) is 3.43. The zero-order valence-electron chi connectivity index (χ0n) is 20.8. The smallest absolute Gasteiger partial charge is 0.309 e. The van der Waals surface area contributed by atoms with Gasteiger partial charge in [0.15, 0.2) is 11.3 Å². The maximum atomic E-state index is 14.0. The predicted molar refractivity (Wildman–Crippen MR) is 133 cm³/mol. The van der Waals surface area contributed by atoms with E-state index in [0.717, 1.165) is 29.7 Å². The number of H-pyrrole nitrogens is 1. The summed E-state index contributed by atoms with van der Waals surface area (Å²) in [4.78, 5) is 47.0. The molecule has 1 aliphatic rings. The van der Waals surface area contributed by atoms with Gasteiger partial charge in [0.05, 0.1) is 17.4 Å². The number of carboxylic acid groups (broad SMARTS) is 1. The molecule has 1 saturated heterocycles. The summed E-state index contributed by atoms with van der Waals surface area (Å²) in [6.07, 6.45) is 6.67. The van der Waals surface area contributed by atoms with Gasteiger partial charge in [-0.05, 0) is 31.2 Å². The molecule has 3 rings (SSSR count). The number of likely N-dealkylation sites (N-methyl/N-ethyl adjacent to an activating group) is 1. The third-order valence-corrected chi connectivity index (χ3v) is 7.47. The number of hydrogen-bond acceptors (Lipinski definition) is 6. The molecule has 0 radical (unpaired) electrons. The highest BCUT2D eigenvalue weighted by atomic mass is 16.4. The molecule has 3 atom stereocenters. The first-order valence-corrected chi connectivity index (χ1v) is 12.4. The molecular weight excluding hydrogens is 446 g/mol. The van der Waals surface area contributed by atoms with Gasteiger partial charge in [0.1, 0.15) is 0 Å². The van der Waals surface area contributed by atoms with Crippen LogP contribution in [0.4, 0.5) is 0 Å². The zero-order chi connectivity index (χ0) is 25.5. The third kappa shape index (κ3) is 5.16. The molecule has 5 N–H and O–H groups in total. The van der Waals surface area contributed by atoms with Crippen LogP contribution in [-0.2, 0) is 14.4 Å². The molecule has 0 aliphatic carbocycles. The molecule has 0 spiro atoms. The highest BCUT2D eigenvalue weighted by molar-refractivity contribution is 6.12. The number of carbonyl (C=O) groups excluding carboxylic acids is 2. The van der Waals surface area contributed by atoms with Gasteiger partial charge in [-0.1, -0.05) is 51.0 Å². The van der Waals surface area contributed by atoms with Crippen LogP contribution in [0.1, 0.15) is 70.3 Å². The van der Waals surface area contributed by atoms with Crippen LogP contribution in [0, 0.1) is 5.41 Å². The normalized spacial score (nSPS) is 21.7. The van der Waals surface area contributed by atoms with Gasteiger partial charge in [-0.2, -0.15) is 0 Å². The molecule has 1 aromatic carbocycles. The summed E-state index contributed by atoms with van der Waals surface area (Å²) < 4.78 is 0. The Labute approximate surface area is 206 Å². The molecule has 2 aromatic rings. The molecule has 0 saturated carbocycles. The lowest BCUT2D eigenvalue weighted by atomic mass is 9.68.